The molecule has 1 saturated carbocycles. The van der Waals surface area contributed by atoms with Crippen molar-refractivity contribution in [3.63, 3.8) is 0 Å². The molecule has 0 spiro atoms. The van der Waals surface area contributed by atoms with Gasteiger partial charge in [0.05, 0.1) is 4.47 Å². The van der Waals surface area contributed by atoms with Gasteiger partial charge in [-0.25, -0.2) is 4.39 Å². The second-order valence-corrected chi connectivity index (χ2v) is 5.56. The summed E-state index contributed by atoms with van der Waals surface area (Å²) in [7, 11) is 0. The maximum absolute atomic E-state index is 13.0. The first kappa shape index (κ1) is 12.1. The van der Waals surface area contributed by atoms with Crippen molar-refractivity contribution in [2.24, 2.45) is 5.92 Å². The van der Waals surface area contributed by atoms with Crippen LogP contribution in [0.2, 0.25) is 0 Å². The Morgan fingerprint density at radius 2 is 2.25 bits per heavy atom. The summed E-state index contributed by atoms with van der Waals surface area (Å²) in [5.41, 5.74) is 1.12. The smallest absolute Gasteiger partial charge is 0.137 e. The van der Waals surface area contributed by atoms with Gasteiger partial charge in [0.25, 0.3) is 0 Å². The molecule has 1 unspecified atom stereocenters. The topological polar surface area (TPSA) is 12.0 Å². The van der Waals surface area contributed by atoms with Crippen molar-refractivity contribution in [1.82, 2.24) is 5.32 Å². The van der Waals surface area contributed by atoms with Crippen LogP contribution in [-0.4, -0.2) is 6.04 Å². The van der Waals surface area contributed by atoms with Crippen molar-refractivity contribution < 1.29 is 4.39 Å². The van der Waals surface area contributed by atoms with Crippen LogP contribution in [0.4, 0.5) is 4.39 Å². The van der Waals surface area contributed by atoms with Crippen LogP contribution in [0.5, 0.6) is 0 Å². The van der Waals surface area contributed by atoms with Crippen molar-refractivity contribution in [3.8, 4) is 0 Å². The first-order chi connectivity index (χ1) is 7.65. The maximum Gasteiger partial charge on any atom is 0.137 e. The normalized spacial score (nSPS) is 17.4. The number of nitrogens with one attached hydrogen (secondary N) is 1. The molecule has 1 atom stereocenters. The lowest BCUT2D eigenvalue weighted by Crippen LogP contribution is -2.25. The lowest BCUT2D eigenvalue weighted by Gasteiger charge is -2.13. The third-order valence-electron chi connectivity index (χ3n) is 3.02. The number of hydrogen-bond donors (Lipinski definition) is 1. The van der Waals surface area contributed by atoms with E-state index in [2.05, 4.69) is 28.2 Å². The Hall–Kier alpha value is -0.410. The molecule has 0 heterocycles. The summed E-state index contributed by atoms with van der Waals surface area (Å²) in [4.78, 5) is 0. The molecule has 0 saturated heterocycles. The van der Waals surface area contributed by atoms with Crippen LogP contribution < -0.4 is 5.32 Å². The Bertz CT molecular complexity index is 363. The van der Waals surface area contributed by atoms with Gasteiger partial charge in [0.15, 0.2) is 0 Å². The molecule has 1 aromatic rings. The van der Waals surface area contributed by atoms with Crippen LogP contribution in [-0.2, 0) is 6.54 Å². The molecule has 3 heteroatoms. The molecule has 1 N–H and O–H groups in total. The fourth-order valence-corrected chi connectivity index (χ4v) is 2.30. The first-order valence-corrected chi connectivity index (χ1v) is 6.62. The summed E-state index contributed by atoms with van der Waals surface area (Å²) >= 11 is 3.20. The van der Waals surface area contributed by atoms with Gasteiger partial charge in [-0.15, -0.1) is 0 Å². The van der Waals surface area contributed by atoms with Crippen molar-refractivity contribution in [2.45, 2.75) is 38.8 Å². The SMILES string of the molecule is CC(CC1CC1)NCc1ccc(F)c(Br)c1. The zero-order valence-electron chi connectivity index (χ0n) is 9.47. The molecule has 0 radical (unpaired) electrons. The summed E-state index contributed by atoms with van der Waals surface area (Å²) < 4.78 is 13.6. The van der Waals surface area contributed by atoms with E-state index in [1.54, 1.807) is 0 Å². The van der Waals surface area contributed by atoms with Gasteiger partial charge in [-0.3, -0.25) is 0 Å². The summed E-state index contributed by atoms with van der Waals surface area (Å²) in [6.45, 7) is 3.03. The molecule has 0 aromatic heterocycles. The molecular formula is C13H17BrFN. The second-order valence-electron chi connectivity index (χ2n) is 4.71. The Labute approximate surface area is 105 Å². The quantitative estimate of drug-likeness (QED) is 0.866. The monoisotopic (exact) mass is 285 g/mol. The van der Waals surface area contributed by atoms with Gasteiger partial charge in [-0.2, -0.15) is 0 Å². The van der Waals surface area contributed by atoms with E-state index < -0.39 is 0 Å². The van der Waals surface area contributed by atoms with E-state index in [1.807, 2.05) is 12.1 Å². The molecule has 0 aliphatic heterocycles. The zero-order chi connectivity index (χ0) is 11.5. The van der Waals surface area contributed by atoms with Crippen LogP contribution in [0.15, 0.2) is 22.7 Å². The highest BCUT2D eigenvalue weighted by Crippen LogP contribution is 2.33. The van der Waals surface area contributed by atoms with Gasteiger partial charge in [0.2, 0.25) is 0 Å². The van der Waals surface area contributed by atoms with Gasteiger partial charge in [0.1, 0.15) is 5.82 Å². The Morgan fingerprint density at radius 1 is 1.50 bits per heavy atom. The van der Waals surface area contributed by atoms with Gasteiger partial charge in [-0.1, -0.05) is 18.9 Å². The molecule has 2 rings (SSSR count). The van der Waals surface area contributed by atoms with Crippen LogP contribution in [0.3, 0.4) is 0 Å². The number of rotatable bonds is 5. The lowest BCUT2D eigenvalue weighted by molar-refractivity contribution is 0.487. The highest BCUT2D eigenvalue weighted by Gasteiger charge is 2.23. The third kappa shape index (κ3) is 3.56. The van der Waals surface area contributed by atoms with Crippen LogP contribution in [0, 0.1) is 11.7 Å². The average Bonchev–Trinajstić information content (AvgIpc) is 3.04. The van der Waals surface area contributed by atoms with Crippen molar-refractivity contribution in [1.29, 1.82) is 0 Å². The highest BCUT2D eigenvalue weighted by molar-refractivity contribution is 9.10. The minimum atomic E-state index is -0.199. The molecule has 1 fully saturated rings. The third-order valence-corrected chi connectivity index (χ3v) is 3.63. The van der Waals surface area contributed by atoms with Gasteiger partial charge < -0.3 is 5.32 Å². The number of halogens is 2. The number of hydrogen-bond acceptors (Lipinski definition) is 1. The van der Waals surface area contributed by atoms with E-state index in [0.29, 0.717) is 10.5 Å². The first-order valence-electron chi connectivity index (χ1n) is 5.82. The van der Waals surface area contributed by atoms with Gasteiger partial charge in [0, 0.05) is 12.6 Å². The lowest BCUT2D eigenvalue weighted by atomic mass is 10.1. The summed E-state index contributed by atoms with van der Waals surface area (Å²) in [6, 6.07) is 5.73. The molecule has 88 valence electrons. The Kier molecular flexibility index (Phi) is 3.98. The maximum atomic E-state index is 13.0. The fraction of sp³-hybridized carbons (Fsp3) is 0.538. The van der Waals surface area contributed by atoms with E-state index in [9.17, 15) is 4.39 Å². The molecule has 1 aliphatic carbocycles. The summed E-state index contributed by atoms with van der Waals surface area (Å²) in [5.74, 6) is 0.747. The van der Waals surface area contributed by atoms with Crippen LogP contribution in [0.25, 0.3) is 0 Å². The summed E-state index contributed by atoms with van der Waals surface area (Å²) in [5, 5.41) is 3.47. The molecular weight excluding hydrogens is 269 g/mol. The Balaban J connectivity index is 1.81. The van der Waals surface area contributed by atoms with Crippen molar-refractivity contribution in [3.05, 3.63) is 34.1 Å². The average molecular weight is 286 g/mol. The predicted octanol–water partition coefficient (Wildman–Crippen LogP) is 3.87. The minimum absolute atomic E-state index is 0.199. The molecule has 1 nitrogen and oxygen atoms in total. The van der Waals surface area contributed by atoms with E-state index in [0.717, 1.165) is 18.0 Å². The zero-order valence-corrected chi connectivity index (χ0v) is 11.1. The van der Waals surface area contributed by atoms with E-state index >= 15 is 0 Å². The molecule has 0 amide bonds. The highest BCUT2D eigenvalue weighted by atomic mass is 79.9. The van der Waals surface area contributed by atoms with Crippen molar-refractivity contribution >= 4 is 15.9 Å². The van der Waals surface area contributed by atoms with E-state index in [4.69, 9.17) is 0 Å². The van der Waals surface area contributed by atoms with Gasteiger partial charge in [-0.05, 0) is 52.9 Å². The Morgan fingerprint density at radius 3 is 2.88 bits per heavy atom. The molecule has 1 aliphatic rings. The molecule has 1 aromatic carbocycles. The largest absolute Gasteiger partial charge is 0.310 e. The van der Waals surface area contributed by atoms with E-state index in [-0.39, 0.29) is 5.82 Å². The number of benzene rings is 1. The van der Waals surface area contributed by atoms with Gasteiger partial charge >= 0.3 is 0 Å². The van der Waals surface area contributed by atoms with Crippen LogP contribution in [0.1, 0.15) is 31.7 Å². The predicted molar refractivity (Wildman–Crippen MR) is 67.7 cm³/mol. The molecule has 16 heavy (non-hydrogen) atoms. The van der Waals surface area contributed by atoms with Crippen LogP contribution >= 0.6 is 15.9 Å². The summed E-state index contributed by atoms with van der Waals surface area (Å²) in [6.07, 6.45) is 4.06. The van der Waals surface area contributed by atoms with Crippen molar-refractivity contribution in [2.75, 3.05) is 0 Å². The molecule has 0 bridgehead atoms. The minimum Gasteiger partial charge on any atom is -0.310 e. The standard InChI is InChI=1S/C13H17BrFN/c1-9(6-10-2-3-10)16-8-11-4-5-13(15)12(14)7-11/h4-5,7,9-10,16H,2-3,6,8H2,1H3. The van der Waals surface area contributed by atoms with E-state index in [1.165, 1.54) is 25.3 Å². The fourth-order valence-electron chi connectivity index (χ4n) is 1.88. The second kappa shape index (κ2) is 5.28.